The van der Waals surface area contributed by atoms with E-state index in [2.05, 4.69) is 64.6 Å². The van der Waals surface area contributed by atoms with Crippen LogP contribution in [0.3, 0.4) is 0 Å². The molecule has 0 saturated carbocycles. The van der Waals surface area contributed by atoms with Crippen LogP contribution in [0.4, 0.5) is 0 Å². The average molecular weight is 256 g/mol. The van der Waals surface area contributed by atoms with E-state index in [1.165, 1.54) is 21.5 Å². The van der Waals surface area contributed by atoms with E-state index in [1.807, 2.05) is 6.07 Å². The van der Waals surface area contributed by atoms with Crippen molar-refractivity contribution in [3.63, 3.8) is 0 Å². The molecule has 1 aromatic heterocycles. The van der Waals surface area contributed by atoms with Crippen LogP contribution in [0.2, 0.25) is 0 Å². The Balaban J connectivity index is 2.19. The molecule has 20 heavy (non-hydrogen) atoms. The van der Waals surface area contributed by atoms with Gasteiger partial charge in [0.2, 0.25) is 0 Å². The topological polar surface area (TPSA) is 25.8 Å². The summed E-state index contributed by atoms with van der Waals surface area (Å²) in [7, 11) is 0. The smallest absolute Gasteiger partial charge is 0.159 e. The third-order valence-electron chi connectivity index (χ3n) is 3.57. The highest BCUT2D eigenvalue weighted by atomic mass is 14.8. The Morgan fingerprint density at radius 2 is 1.25 bits per heavy atom. The normalized spacial score (nSPS) is 11.0. The summed E-state index contributed by atoms with van der Waals surface area (Å²) in [6, 6.07) is 20.9. The van der Waals surface area contributed by atoms with Gasteiger partial charge in [0.25, 0.3) is 0 Å². The van der Waals surface area contributed by atoms with Gasteiger partial charge in [-0.3, -0.25) is 0 Å². The number of aromatic nitrogens is 2. The monoisotopic (exact) mass is 256 g/mol. The molecule has 0 radical (unpaired) electrons. The SMILES string of the molecule is c1cnc(-c2cc3ccccc3c3ccccc23)nc1. The first-order valence-electron chi connectivity index (χ1n) is 6.61. The van der Waals surface area contributed by atoms with Crippen molar-refractivity contribution >= 4 is 21.5 Å². The predicted molar refractivity (Wildman–Crippen MR) is 82.5 cm³/mol. The fraction of sp³-hybridized carbons (Fsp3) is 0. The molecule has 0 spiro atoms. The molecule has 0 saturated heterocycles. The standard InChI is InChI=1S/C18H12N2/c1-2-7-14-13(6-1)12-17(18-19-10-5-11-20-18)16-9-4-3-8-15(14)16/h1-12H. The first kappa shape index (κ1) is 11.1. The summed E-state index contributed by atoms with van der Waals surface area (Å²) in [5.41, 5.74) is 1.08. The summed E-state index contributed by atoms with van der Waals surface area (Å²) in [4.78, 5) is 8.79. The average Bonchev–Trinajstić information content (AvgIpc) is 2.55. The summed E-state index contributed by atoms with van der Waals surface area (Å²) < 4.78 is 0. The highest BCUT2D eigenvalue weighted by Crippen LogP contribution is 2.32. The Bertz CT molecular complexity index is 899. The van der Waals surface area contributed by atoms with Gasteiger partial charge in [-0.1, -0.05) is 48.5 Å². The lowest BCUT2D eigenvalue weighted by Crippen LogP contribution is -1.89. The third kappa shape index (κ3) is 1.66. The van der Waals surface area contributed by atoms with E-state index in [0.29, 0.717) is 0 Å². The van der Waals surface area contributed by atoms with Gasteiger partial charge in [-0.05, 0) is 33.7 Å². The van der Waals surface area contributed by atoms with E-state index < -0.39 is 0 Å². The first-order valence-corrected chi connectivity index (χ1v) is 6.61. The first-order chi connectivity index (χ1) is 9.93. The minimum Gasteiger partial charge on any atom is -0.237 e. The zero-order valence-corrected chi connectivity index (χ0v) is 10.8. The van der Waals surface area contributed by atoms with Crippen molar-refractivity contribution in [3.05, 3.63) is 73.1 Å². The van der Waals surface area contributed by atoms with Crippen LogP contribution in [-0.4, -0.2) is 9.97 Å². The quantitative estimate of drug-likeness (QED) is 0.470. The van der Waals surface area contributed by atoms with Crippen molar-refractivity contribution in [1.29, 1.82) is 0 Å². The van der Waals surface area contributed by atoms with Crippen LogP contribution in [0, 0.1) is 0 Å². The number of benzene rings is 3. The Morgan fingerprint density at radius 1 is 0.600 bits per heavy atom. The summed E-state index contributed by atoms with van der Waals surface area (Å²) in [5, 5.41) is 4.92. The minimum atomic E-state index is 0.773. The lowest BCUT2D eigenvalue weighted by molar-refractivity contribution is 1.18. The van der Waals surface area contributed by atoms with Gasteiger partial charge in [0.05, 0.1) is 0 Å². The molecule has 4 aromatic rings. The maximum absolute atomic E-state index is 4.39. The summed E-state index contributed by atoms with van der Waals surface area (Å²) in [6.07, 6.45) is 3.57. The van der Waals surface area contributed by atoms with Crippen LogP contribution < -0.4 is 0 Å². The van der Waals surface area contributed by atoms with Gasteiger partial charge in [0.1, 0.15) is 0 Å². The fourth-order valence-corrected chi connectivity index (χ4v) is 2.68. The number of fused-ring (bicyclic) bond motifs is 3. The molecular weight excluding hydrogens is 244 g/mol. The molecule has 1 heterocycles. The molecule has 0 N–H and O–H groups in total. The zero-order chi connectivity index (χ0) is 13.4. The van der Waals surface area contributed by atoms with Crippen molar-refractivity contribution in [1.82, 2.24) is 9.97 Å². The van der Waals surface area contributed by atoms with E-state index in [0.717, 1.165) is 11.4 Å². The van der Waals surface area contributed by atoms with Gasteiger partial charge in [-0.15, -0.1) is 0 Å². The molecule has 2 heteroatoms. The minimum absolute atomic E-state index is 0.773. The Morgan fingerprint density at radius 3 is 2.05 bits per heavy atom. The van der Waals surface area contributed by atoms with Crippen molar-refractivity contribution in [2.45, 2.75) is 0 Å². The van der Waals surface area contributed by atoms with Crippen LogP contribution in [0.1, 0.15) is 0 Å². The number of hydrogen-bond acceptors (Lipinski definition) is 2. The lowest BCUT2D eigenvalue weighted by atomic mass is 9.97. The molecule has 0 unspecified atom stereocenters. The van der Waals surface area contributed by atoms with E-state index in [1.54, 1.807) is 12.4 Å². The van der Waals surface area contributed by atoms with Crippen LogP contribution in [-0.2, 0) is 0 Å². The number of nitrogens with zero attached hydrogens (tertiary/aromatic N) is 2. The van der Waals surface area contributed by atoms with Gasteiger partial charge >= 0.3 is 0 Å². The van der Waals surface area contributed by atoms with Crippen LogP contribution in [0.5, 0.6) is 0 Å². The second-order valence-corrected chi connectivity index (χ2v) is 4.76. The maximum Gasteiger partial charge on any atom is 0.159 e. The Hall–Kier alpha value is -2.74. The molecule has 3 aromatic carbocycles. The Labute approximate surface area is 116 Å². The summed E-state index contributed by atoms with van der Waals surface area (Å²) in [5.74, 6) is 0.773. The summed E-state index contributed by atoms with van der Waals surface area (Å²) >= 11 is 0. The van der Waals surface area contributed by atoms with Crippen molar-refractivity contribution < 1.29 is 0 Å². The molecule has 0 atom stereocenters. The molecule has 0 fully saturated rings. The van der Waals surface area contributed by atoms with Crippen molar-refractivity contribution in [3.8, 4) is 11.4 Å². The summed E-state index contributed by atoms with van der Waals surface area (Å²) in [6.45, 7) is 0. The van der Waals surface area contributed by atoms with Gasteiger partial charge in [0.15, 0.2) is 5.82 Å². The van der Waals surface area contributed by atoms with Crippen molar-refractivity contribution in [2.75, 3.05) is 0 Å². The molecule has 0 aliphatic rings. The number of hydrogen-bond donors (Lipinski definition) is 0. The van der Waals surface area contributed by atoms with Gasteiger partial charge in [0, 0.05) is 18.0 Å². The highest BCUT2D eigenvalue weighted by molar-refractivity contribution is 6.13. The third-order valence-corrected chi connectivity index (χ3v) is 3.57. The van der Waals surface area contributed by atoms with E-state index in [9.17, 15) is 0 Å². The van der Waals surface area contributed by atoms with Gasteiger partial charge < -0.3 is 0 Å². The van der Waals surface area contributed by atoms with E-state index in [4.69, 9.17) is 0 Å². The van der Waals surface area contributed by atoms with Crippen LogP contribution >= 0.6 is 0 Å². The largest absolute Gasteiger partial charge is 0.237 e. The maximum atomic E-state index is 4.39. The second-order valence-electron chi connectivity index (χ2n) is 4.76. The molecule has 0 bridgehead atoms. The molecule has 94 valence electrons. The second kappa shape index (κ2) is 4.42. The fourth-order valence-electron chi connectivity index (χ4n) is 2.68. The highest BCUT2D eigenvalue weighted by Gasteiger charge is 2.09. The molecule has 0 aliphatic heterocycles. The predicted octanol–water partition coefficient (Wildman–Crippen LogP) is 4.45. The molecule has 2 nitrogen and oxygen atoms in total. The van der Waals surface area contributed by atoms with Gasteiger partial charge in [-0.25, -0.2) is 9.97 Å². The zero-order valence-electron chi connectivity index (χ0n) is 10.8. The van der Waals surface area contributed by atoms with E-state index >= 15 is 0 Å². The molecule has 4 rings (SSSR count). The van der Waals surface area contributed by atoms with Gasteiger partial charge in [-0.2, -0.15) is 0 Å². The van der Waals surface area contributed by atoms with E-state index in [-0.39, 0.29) is 0 Å². The van der Waals surface area contributed by atoms with Crippen molar-refractivity contribution in [2.24, 2.45) is 0 Å². The van der Waals surface area contributed by atoms with Crippen LogP contribution in [0.25, 0.3) is 32.9 Å². The van der Waals surface area contributed by atoms with Crippen LogP contribution in [0.15, 0.2) is 73.1 Å². The molecule has 0 amide bonds. The molecule has 0 aliphatic carbocycles. The molecular formula is C18H12N2. The number of rotatable bonds is 1. The lowest BCUT2D eigenvalue weighted by Gasteiger charge is -2.09. The Kier molecular flexibility index (Phi) is 2.46.